The van der Waals surface area contributed by atoms with Crippen LogP contribution in [0.2, 0.25) is 5.15 Å². The molecule has 3 nitrogen and oxygen atoms in total. The number of hydrogen-bond donors (Lipinski definition) is 0. The fraction of sp³-hybridized carbons (Fsp3) is 0.500. The van der Waals surface area contributed by atoms with E-state index in [0.29, 0.717) is 11.1 Å². The molecule has 0 saturated heterocycles. The average Bonchev–Trinajstić information content (AvgIpc) is 2.55. The van der Waals surface area contributed by atoms with Crippen LogP contribution in [0.3, 0.4) is 0 Å². The summed E-state index contributed by atoms with van der Waals surface area (Å²) in [5.41, 5.74) is 3.12. The molecular weight excluding hydrogens is 222 g/mol. The quantitative estimate of drug-likeness (QED) is 0.711. The summed E-state index contributed by atoms with van der Waals surface area (Å²) in [5.74, 6) is 1.51. The predicted molar refractivity (Wildman–Crippen MR) is 64.1 cm³/mol. The van der Waals surface area contributed by atoms with Gasteiger partial charge in [-0.1, -0.05) is 18.0 Å². The van der Waals surface area contributed by atoms with Gasteiger partial charge in [-0.15, -0.1) is 5.10 Å². The van der Waals surface area contributed by atoms with E-state index in [-0.39, 0.29) is 0 Å². The van der Waals surface area contributed by atoms with Gasteiger partial charge in [-0.05, 0) is 43.9 Å². The van der Waals surface area contributed by atoms with Gasteiger partial charge in [0.25, 0.3) is 0 Å². The fourth-order valence-corrected chi connectivity index (χ4v) is 2.31. The van der Waals surface area contributed by atoms with Gasteiger partial charge in [0.15, 0.2) is 11.5 Å². The molecule has 0 atom stereocenters. The standard InChI is InChI=1S/C12H14ClN3/c1-7-6-10-14-12(9-4-3-5-9)15-16(10)11(13)8(7)2/h6,9H,3-5H2,1-2H3. The van der Waals surface area contributed by atoms with Crippen molar-refractivity contribution in [2.24, 2.45) is 0 Å². The summed E-state index contributed by atoms with van der Waals surface area (Å²) >= 11 is 6.27. The normalized spacial score (nSPS) is 16.7. The Morgan fingerprint density at radius 1 is 1.38 bits per heavy atom. The van der Waals surface area contributed by atoms with Gasteiger partial charge in [0.05, 0.1) is 0 Å². The van der Waals surface area contributed by atoms with Crippen LogP contribution in [-0.4, -0.2) is 14.6 Å². The van der Waals surface area contributed by atoms with Crippen LogP contribution in [0.5, 0.6) is 0 Å². The lowest BCUT2D eigenvalue weighted by molar-refractivity contribution is 0.402. The van der Waals surface area contributed by atoms with Gasteiger partial charge in [0.1, 0.15) is 5.15 Å². The van der Waals surface area contributed by atoms with Gasteiger partial charge in [-0.2, -0.15) is 0 Å². The van der Waals surface area contributed by atoms with Crippen LogP contribution < -0.4 is 0 Å². The summed E-state index contributed by atoms with van der Waals surface area (Å²) in [5, 5.41) is 5.20. The first-order valence-electron chi connectivity index (χ1n) is 5.69. The number of aromatic nitrogens is 3. The van der Waals surface area contributed by atoms with Crippen molar-refractivity contribution >= 4 is 17.2 Å². The molecule has 0 unspecified atom stereocenters. The number of rotatable bonds is 1. The monoisotopic (exact) mass is 235 g/mol. The third-order valence-electron chi connectivity index (χ3n) is 3.55. The van der Waals surface area contributed by atoms with E-state index in [1.807, 2.05) is 6.92 Å². The molecule has 2 heterocycles. The van der Waals surface area contributed by atoms with Gasteiger partial charge < -0.3 is 0 Å². The summed E-state index contributed by atoms with van der Waals surface area (Å²) in [6.07, 6.45) is 3.73. The number of pyridine rings is 1. The fourth-order valence-electron chi connectivity index (χ4n) is 2.04. The smallest absolute Gasteiger partial charge is 0.157 e. The molecule has 1 saturated carbocycles. The topological polar surface area (TPSA) is 30.2 Å². The molecule has 0 spiro atoms. The van der Waals surface area contributed by atoms with Crippen molar-refractivity contribution in [2.75, 3.05) is 0 Å². The van der Waals surface area contributed by atoms with Gasteiger partial charge in [-0.3, -0.25) is 0 Å². The van der Waals surface area contributed by atoms with E-state index in [0.717, 1.165) is 17.0 Å². The van der Waals surface area contributed by atoms with Crippen LogP contribution in [0.15, 0.2) is 6.07 Å². The summed E-state index contributed by atoms with van der Waals surface area (Å²) in [6.45, 7) is 4.07. The van der Waals surface area contributed by atoms with Crippen LogP contribution in [0.4, 0.5) is 0 Å². The molecule has 0 amide bonds. The number of halogens is 1. The molecule has 1 aliphatic rings. The van der Waals surface area contributed by atoms with Crippen LogP contribution in [0, 0.1) is 13.8 Å². The molecule has 2 aromatic heterocycles. The zero-order chi connectivity index (χ0) is 11.3. The molecule has 4 heteroatoms. The molecule has 16 heavy (non-hydrogen) atoms. The second-order valence-electron chi connectivity index (χ2n) is 4.61. The molecule has 1 fully saturated rings. The maximum atomic E-state index is 6.27. The molecule has 0 N–H and O–H groups in total. The summed E-state index contributed by atoms with van der Waals surface area (Å²) < 4.78 is 1.76. The second-order valence-corrected chi connectivity index (χ2v) is 4.97. The molecule has 0 aliphatic heterocycles. The van der Waals surface area contributed by atoms with E-state index >= 15 is 0 Å². The Labute approximate surface area is 99.4 Å². The molecule has 0 radical (unpaired) electrons. The van der Waals surface area contributed by atoms with Crippen LogP contribution >= 0.6 is 11.6 Å². The van der Waals surface area contributed by atoms with E-state index < -0.39 is 0 Å². The Morgan fingerprint density at radius 2 is 2.12 bits per heavy atom. The highest BCUT2D eigenvalue weighted by molar-refractivity contribution is 6.30. The predicted octanol–water partition coefficient (Wildman–Crippen LogP) is 3.27. The van der Waals surface area contributed by atoms with Crippen molar-refractivity contribution in [1.29, 1.82) is 0 Å². The zero-order valence-corrected chi connectivity index (χ0v) is 10.3. The van der Waals surface area contributed by atoms with E-state index in [9.17, 15) is 0 Å². The van der Waals surface area contributed by atoms with Crippen LogP contribution in [0.25, 0.3) is 5.65 Å². The molecule has 3 rings (SSSR count). The van der Waals surface area contributed by atoms with Gasteiger partial charge in [0, 0.05) is 5.92 Å². The Balaban J connectivity index is 2.20. The minimum Gasteiger partial charge on any atom is -0.212 e. The Kier molecular flexibility index (Phi) is 2.18. The summed E-state index contributed by atoms with van der Waals surface area (Å²) in [6, 6.07) is 2.05. The van der Waals surface area contributed by atoms with Crippen molar-refractivity contribution in [3.63, 3.8) is 0 Å². The Bertz CT molecular complexity index is 555. The van der Waals surface area contributed by atoms with Crippen molar-refractivity contribution in [3.05, 3.63) is 28.2 Å². The number of fused-ring (bicyclic) bond motifs is 1. The van der Waals surface area contributed by atoms with Crippen molar-refractivity contribution in [3.8, 4) is 0 Å². The van der Waals surface area contributed by atoms with E-state index in [1.165, 1.54) is 24.8 Å². The molecular formula is C12H14ClN3. The zero-order valence-electron chi connectivity index (χ0n) is 9.50. The third-order valence-corrected chi connectivity index (χ3v) is 3.99. The molecule has 2 aromatic rings. The highest BCUT2D eigenvalue weighted by Crippen LogP contribution is 2.35. The second kappa shape index (κ2) is 3.45. The van der Waals surface area contributed by atoms with Gasteiger partial charge in [-0.25, -0.2) is 9.50 Å². The highest BCUT2D eigenvalue weighted by atomic mass is 35.5. The van der Waals surface area contributed by atoms with E-state index in [1.54, 1.807) is 4.52 Å². The minimum atomic E-state index is 0.552. The van der Waals surface area contributed by atoms with E-state index in [4.69, 9.17) is 11.6 Å². The first kappa shape index (κ1) is 10.1. The largest absolute Gasteiger partial charge is 0.212 e. The summed E-state index contributed by atoms with van der Waals surface area (Å²) in [7, 11) is 0. The molecule has 0 bridgehead atoms. The number of hydrogen-bond acceptors (Lipinski definition) is 2. The molecule has 84 valence electrons. The van der Waals surface area contributed by atoms with Crippen LogP contribution in [0.1, 0.15) is 42.1 Å². The SMILES string of the molecule is Cc1cc2nc(C3CCC3)nn2c(Cl)c1C. The summed E-state index contributed by atoms with van der Waals surface area (Å²) in [4.78, 5) is 4.56. The highest BCUT2D eigenvalue weighted by Gasteiger charge is 2.24. The van der Waals surface area contributed by atoms with Crippen molar-refractivity contribution < 1.29 is 0 Å². The van der Waals surface area contributed by atoms with Gasteiger partial charge in [0.2, 0.25) is 0 Å². The third kappa shape index (κ3) is 1.34. The first-order chi connectivity index (χ1) is 7.66. The number of aryl methyl sites for hydroxylation is 1. The van der Waals surface area contributed by atoms with Crippen molar-refractivity contribution in [1.82, 2.24) is 14.6 Å². The lowest BCUT2D eigenvalue weighted by Crippen LogP contribution is -2.10. The van der Waals surface area contributed by atoms with E-state index in [2.05, 4.69) is 23.1 Å². The maximum Gasteiger partial charge on any atom is 0.157 e. The van der Waals surface area contributed by atoms with Crippen LogP contribution in [-0.2, 0) is 0 Å². The first-order valence-corrected chi connectivity index (χ1v) is 6.07. The maximum absolute atomic E-state index is 6.27. The average molecular weight is 236 g/mol. The lowest BCUT2D eigenvalue weighted by Gasteiger charge is -2.21. The Morgan fingerprint density at radius 3 is 2.75 bits per heavy atom. The molecule has 0 aromatic carbocycles. The van der Waals surface area contributed by atoms with Gasteiger partial charge >= 0.3 is 0 Å². The lowest BCUT2D eigenvalue weighted by atomic mass is 9.85. The Hall–Kier alpha value is -1.09. The minimum absolute atomic E-state index is 0.552. The van der Waals surface area contributed by atoms with Crippen molar-refractivity contribution in [2.45, 2.75) is 39.0 Å². The molecule has 1 aliphatic carbocycles. The number of nitrogens with zero attached hydrogens (tertiary/aromatic N) is 3.